The molecule has 82 valence electrons. The van der Waals surface area contributed by atoms with Crippen molar-refractivity contribution in [3.05, 3.63) is 35.1 Å². The van der Waals surface area contributed by atoms with E-state index in [1.807, 2.05) is 0 Å². The molecule has 0 atom stereocenters. The first-order valence-electron chi connectivity index (χ1n) is 4.42. The van der Waals surface area contributed by atoms with Crippen LogP contribution in [-0.4, -0.2) is 23.3 Å². The van der Waals surface area contributed by atoms with Crippen LogP contribution in [0.5, 0.6) is 0 Å². The molecule has 0 radical (unpaired) electrons. The van der Waals surface area contributed by atoms with Crippen molar-refractivity contribution in [2.45, 2.75) is 6.61 Å². The van der Waals surface area contributed by atoms with Crippen molar-refractivity contribution in [3.8, 4) is 0 Å². The molecular formula is C10H12FNO2S. The summed E-state index contributed by atoms with van der Waals surface area (Å²) in [6.07, 6.45) is 0. The molecule has 3 N–H and O–H groups in total. The summed E-state index contributed by atoms with van der Waals surface area (Å²) in [5.74, 6) is -0.404. The highest BCUT2D eigenvalue weighted by atomic mass is 32.1. The number of benzene rings is 1. The molecule has 1 aromatic rings. The average Bonchev–Trinajstić information content (AvgIpc) is 2.20. The number of aliphatic hydroxyl groups excluding tert-OH is 1. The summed E-state index contributed by atoms with van der Waals surface area (Å²) >= 11 is 4.72. The van der Waals surface area contributed by atoms with Crippen LogP contribution >= 0.6 is 12.2 Å². The molecule has 0 saturated carbocycles. The van der Waals surface area contributed by atoms with E-state index in [4.69, 9.17) is 27.8 Å². The van der Waals surface area contributed by atoms with E-state index in [0.29, 0.717) is 11.1 Å². The van der Waals surface area contributed by atoms with Crippen LogP contribution in [0.25, 0.3) is 0 Å². The Hall–Kier alpha value is -1.04. The Morgan fingerprint density at radius 2 is 2.27 bits per heavy atom. The molecule has 1 rings (SSSR count). The fourth-order valence-electron chi connectivity index (χ4n) is 1.06. The minimum atomic E-state index is -0.404. The highest BCUT2D eigenvalue weighted by molar-refractivity contribution is 7.80. The number of nitrogens with two attached hydrogens (primary N) is 1. The smallest absolute Gasteiger partial charge is 0.129 e. The van der Waals surface area contributed by atoms with Gasteiger partial charge >= 0.3 is 0 Å². The van der Waals surface area contributed by atoms with Gasteiger partial charge in [-0.15, -0.1) is 0 Å². The van der Waals surface area contributed by atoms with Crippen LogP contribution in [0, 0.1) is 5.82 Å². The summed E-state index contributed by atoms with van der Waals surface area (Å²) in [5.41, 5.74) is 6.27. The molecule has 0 aliphatic rings. The number of hydrogen-bond acceptors (Lipinski definition) is 3. The van der Waals surface area contributed by atoms with Gasteiger partial charge in [-0.05, 0) is 6.07 Å². The van der Waals surface area contributed by atoms with Gasteiger partial charge in [0.15, 0.2) is 0 Å². The molecule has 0 heterocycles. The van der Waals surface area contributed by atoms with Gasteiger partial charge < -0.3 is 15.6 Å². The lowest BCUT2D eigenvalue weighted by Crippen LogP contribution is -2.10. The lowest BCUT2D eigenvalue weighted by molar-refractivity contribution is 0.0799. The van der Waals surface area contributed by atoms with Crippen molar-refractivity contribution in [3.63, 3.8) is 0 Å². The first kappa shape index (κ1) is 12.0. The number of thiocarbonyl (C=S) groups is 1. The average molecular weight is 229 g/mol. The molecule has 15 heavy (non-hydrogen) atoms. The van der Waals surface area contributed by atoms with Crippen LogP contribution in [0.1, 0.15) is 11.1 Å². The van der Waals surface area contributed by atoms with E-state index in [-0.39, 0.29) is 24.8 Å². The van der Waals surface area contributed by atoms with Gasteiger partial charge in [0, 0.05) is 11.1 Å². The monoisotopic (exact) mass is 229 g/mol. The molecule has 0 fully saturated rings. The molecule has 0 bridgehead atoms. The van der Waals surface area contributed by atoms with E-state index in [2.05, 4.69) is 0 Å². The van der Waals surface area contributed by atoms with Gasteiger partial charge in [-0.3, -0.25) is 0 Å². The maximum absolute atomic E-state index is 13.4. The van der Waals surface area contributed by atoms with E-state index in [1.54, 1.807) is 12.1 Å². The number of halogens is 1. The van der Waals surface area contributed by atoms with Gasteiger partial charge in [-0.1, -0.05) is 24.4 Å². The Kier molecular flexibility index (Phi) is 4.61. The molecule has 0 aliphatic carbocycles. The van der Waals surface area contributed by atoms with E-state index >= 15 is 0 Å². The summed E-state index contributed by atoms with van der Waals surface area (Å²) in [4.78, 5) is 0.164. The quantitative estimate of drug-likeness (QED) is 0.583. The third-order valence-corrected chi connectivity index (χ3v) is 2.07. The molecule has 0 unspecified atom stereocenters. The summed E-state index contributed by atoms with van der Waals surface area (Å²) in [5, 5.41) is 8.48. The maximum atomic E-state index is 13.4. The van der Waals surface area contributed by atoms with Crippen molar-refractivity contribution in [2.75, 3.05) is 13.2 Å². The van der Waals surface area contributed by atoms with Crippen molar-refractivity contribution in [1.29, 1.82) is 0 Å². The van der Waals surface area contributed by atoms with Gasteiger partial charge in [0.25, 0.3) is 0 Å². The second-order valence-electron chi connectivity index (χ2n) is 2.95. The standard InChI is InChI=1S/C10H12FNO2S/c11-9-5-7(10(12)15)1-2-8(9)6-14-4-3-13/h1-2,5,13H,3-4,6H2,(H2,12,15). The molecule has 0 aliphatic heterocycles. The lowest BCUT2D eigenvalue weighted by atomic mass is 10.1. The van der Waals surface area contributed by atoms with Gasteiger partial charge in [-0.25, -0.2) is 4.39 Å². The number of rotatable bonds is 5. The topological polar surface area (TPSA) is 55.5 Å². The van der Waals surface area contributed by atoms with E-state index in [0.717, 1.165) is 0 Å². The normalized spacial score (nSPS) is 10.3. The van der Waals surface area contributed by atoms with Crippen LogP contribution in [0.3, 0.4) is 0 Å². The first-order chi connectivity index (χ1) is 7.15. The molecule has 0 aromatic heterocycles. The van der Waals surface area contributed by atoms with Gasteiger partial charge in [0.2, 0.25) is 0 Å². The zero-order valence-corrected chi connectivity index (χ0v) is 8.89. The Morgan fingerprint density at radius 3 is 2.80 bits per heavy atom. The zero-order valence-electron chi connectivity index (χ0n) is 8.07. The maximum Gasteiger partial charge on any atom is 0.129 e. The Labute approximate surface area is 92.7 Å². The fraction of sp³-hybridized carbons (Fsp3) is 0.300. The lowest BCUT2D eigenvalue weighted by Gasteiger charge is -2.05. The van der Waals surface area contributed by atoms with Crippen molar-refractivity contribution in [2.24, 2.45) is 5.73 Å². The molecular weight excluding hydrogens is 217 g/mol. The molecule has 0 amide bonds. The summed E-state index contributed by atoms with van der Waals surface area (Å²) in [6, 6.07) is 4.49. The molecule has 0 spiro atoms. The number of hydrogen-bond donors (Lipinski definition) is 2. The molecule has 0 saturated heterocycles. The highest BCUT2D eigenvalue weighted by Gasteiger charge is 2.04. The summed E-state index contributed by atoms with van der Waals surface area (Å²) in [7, 11) is 0. The molecule has 3 nitrogen and oxygen atoms in total. The summed E-state index contributed by atoms with van der Waals surface area (Å²) < 4.78 is 18.4. The van der Waals surface area contributed by atoms with E-state index in [1.165, 1.54) is 6.07 Å². The minimum Gasteiger partial charge on any atom is -0.394 e. The zero-order chi connectivity index (χ0) is 11.3. The molecule has 5 heteroatoms. The predicted octanol–water partition coefficient (Wildman–Crippen LogP) is 0.969. The van der Waals surface area contributed by atoms with Crippen LogP contribution in [0.2, 0.25) is 0 Å². The van der Waals surface area contributed by atoms with Crippen LogP contribution in [0.4, 0.5) is 4.39 Å². The minimum absolute atomic E-state index is 0.0768. The second-order valence-corrected chi connectivity index (χ2v) is 3.39. The second kappa shape index (κ2) is 5.75. The van der Waals surface area contributed by atoms with E-state index < -0.39 is 5.82 Å². The van der Waals surface area contributed by atoms with Crippen molar-refractivity contribution in [1.82, 2.24) is 0 Å². The SMILES string of the molecule is NC(=S)c1ccc(COCCO)c(F)c1. The van der Waals surface area contributed by atoms with Crippen LogP contribution in [0.15, 0.2) is 18.2 Å². The first-order valence-corrected chi connectivity index (χ1v) is 4.83. The van der Waals surface area contributed by atoms with Gasteiger partial charge in [0.05, 0.1) is 19.8 Å². The Balaban J connectivity index is 2.70. The highest BCUT2D eigenvalue weighted by Crippen LogP contribution is 2.11. The van der Waals surface area contributed by atoms with Crippen molar-refractivity contribution >= 4 is 17.2 Å². The van der Waals surface area contributed by atoms with Gasteiger partial charge in [-0.2, -0.15) is 0 Å². The largest absolute Gasteiger partial charge is 0.394 e. The number of ether oxygens (including phenoxy) is 1. The Morgan fingerprint density at radius 1 is 1.53 bits per heavy atom. The van der Waals surface area contributed by atoms with Crippen LogP contribution in [-0.2, 0) is 11.3 Å². The van der Waals surface area contributed by atoms with E-state index in [9.17, 15) is 4.39 Å². The number of aliphatic hydroxyl groups is 1. The third-order valence-electron chi connectivity index (χ3n) is 1.83. The van der Waals surface area contributed by atoms with Gasteiger partial charge in [0.1, 0.15) is 10.8 Å². The fourth-order valence-corrected chi connectivity index (χ4v) is 1.19. The van der Waals surface area contributed by atoms with Crippen LogP contribution < -0.4 is 5.73 Å². The van der Waals surface area contributed by atoms with Crippen molar-refractivity contribution < 1.29 is 14.2 Å². The Bertz CT molecular complexity index is 357. The predicted molar refractivity (Wildman–Crippen MR) is 59.0 cm³/mol. The summed E-state index contributed by atoms with van der Waals surface area (Å²) in [6.45, 7) is 0.243. The molecule has 1 aromatic carbocycles. The third kappa shape index (κ3) is 3.54.